The molecule has 2 aromatic heterocycles. The minimum absolute atomic E-state index is 0.269. The lowest BCUT2D eigenvalue weighted by molar-refractivity contribution is 0.0240. The smallest absolute Gasteiger partial charge is 0.410 e. The van der Waals surface area contributed by atoms with Crippen LogP contribution in [0, 0.1) is 0 Å². The van der Waals surface area contributed by atoms with Crippen LogP contribution in [0.1, 0.15) is 34.1 Å². The number of carbonyl (C=O) groups excluding carboxylic acids is 1. The van der Waals surface area contributed by atoms with Crippen molar-refractivity contribution in [1.29, 1.82) is 0 Å². The van der Waals surface area contributed by atoms with Gasteiger partial charge in [0.2, 0.25) is 0 Å². The van der Waals surface area contributed by atoms with Gasteiger partial charge >= 0.3 is 6.09 Å². The van der Waals surface area contributed by atoms with Gasteiger partial charge in [-0.1, -0.05) is 66.4 Å². The number of benzene rings is 2. The molecule has 0 saturated carbocycles. The highest BCUT2D eigenvalue weighted by Crippen LogP contribution is 2.35. The van der Waals surface area contributed by atoms with Crippen LogP contribution in [-0.4, -0.2) is 63.5 Å². The number of anilines is 3. The summed E-state index contributed by atoms with van der Waals surface area (Å²) in [6, 6.07) is 14.5. The average Bonchev–Trinajstić information content (AvgIpc) is 3.28. The van der Waals surface area contributed by atoms with Crippen molar-refractivity contribution in [3.8, 4) is 0 Å². The van der Waals surface area contributed by atoms with Gasteiger partial charge in [0, 0.05) is 43.0 Å². The molecule has 1 fully saturated rings. The first-order valence-corrected chi connectivity index (χ1v) is 14.4. The van der Waals surface area contributed by atoms with E-state index in [1.54, 1.807) is 28.0 Å². The number of ether oxygens (including phenoxy) is 1. The molecule has 10 heteroatoms. The lowest BCUT2D eigenvalue weighted by Gasteiger charge is -2.36. The van der Waals surface area contributed by atoms with E-state index in [-0.39, 0.29) is 6.09 Å². The monoisotopic (exact) mass is 536 g/mol. The Hall–Kier alpha value is -3.11. The van der Waals surface area contributed by atoms with Crippen LogP contribution in [0.2, 0.25) is 0 Å². The van der Waals surface area contributed by atoms with Crippen molar-refractivity contribution in [3.63, 3.8) is 0 Å². The molecule has 4 aromatic rings. The van der Waals surface area contributed by atoms with Gasteiger partial charge in [0.15, 0.2) is 20.9 Å². The Morgan fingerprint density at radius 1 is 1.05 bits per heavy atom. The van der Waals surface area contributed by atoms with Crippen LogP contribution in [0.4, 0.5) is 21.4 Å². The van der Waals surface area contributed by atoms with E-state index < -0.39 is 5.60 Å². The molecule has 37 heavy (non-hydrogen) atoms. The molecule has 1 amide bonds. The zero-order valence-corrected chi connectivity index (χ0v) is 23.3. The number of thioether (sulfide) groups is 1. The number of piperazine rings is 1. The third kappa shape index (κ3) is 5.91. The number of aromatic nitrogens is 3. The minimum atomic E-state index is -0.507. The summed E-state index contributed by atoms with van der Waals surface area (Å²) in [5, 5.41) is 7.39. The number of nitrogens with zero attached hydrogens (tertiary/aromatic N) is 5. The van der Waals surface area contributed by atoms with Crippen molar-refractivity contribution in [2.45, 2.75) is 44.9 Å². The zero-order valence-electron chi connectivity index (χ0n) is 21.7. The molecule has 3 heterocycles. The summed E-state index contributed by atoms with van der Waals surface area (Å²) in [5.41, 5.74) is 1.30. The molecule has 0 aliphatic carbocycles. The van der Waals surface area contributed by atoms with Crippen molar-refractivity contribution < 1.29 is 9.53 Å². The highest BCUT2D eigenvalue weighted by molar-refractivity contribution is 7.99. The SMILES string of the molecule is CCCSc1nc(N2CCN(C(=O)OC(C)(C)C)CC2)c2nc(Nc3cccc4ccccc34)sc2n1. The quantitative estimate of drug-likeness (QED) is 0.220. The molecular weight excluding hydrogens is 504 g/mol. The van der Waals surface area contributed by atoms with Crippen LogP contribution in [0.5, 0.6) is 0 Å². The Bertz CT molecular complexity index is 1400. The van der Waals surface area contributed by atoms with Gasteiger partial charge in [-0.3, -0.25) is 0 Å². The summed E-state index contributed by atoms with van der Waals surface area (Å²) in [6.45, 7) is 10.3. The van der Waals surface area contributed by atoms with E-state index in [0.29, 0.717) is 26.2 Å². The molecule has 8 nitrogen and oxygen atoms in total. The highest BCUT2D eigenvalue weighted by Gasteiger charge is 2.28. The molecular formula is C27H32N6O2S2. The summed E-state index contributed by atoms with van der Waals surface area (Å²) >= 11 is 3.21. The van der Waals surface area contributed by atoms with E-state index in [4.69, 9.17) is 19.7 Å². The molecule has 1 aliphatic heterocycles. The lowest BCUT2D eigenvalue weighted by atomic mass is 10.1. The van der Waals surface area contributed by atoms with Crippen LogP contribution in [0.15, 0.2) is 47.6 Å². The van der Waals surface area contributed by atoms with Gasteiger partial charge < -0.3 is 19.9 Å². The zero-order chi connectivity index (χ0) is 26.0. The van der Waals surface area contributed by atoms with Crippen molar-refractivity contribution in [2.24, 2.45) is 0 Å². The Labute approximate surface area is 225 Å². The van der Waals surface area contributed by atoms with Crippen molar-refractivity contribution in [3.05, 3.63) is 42.5 Å². The number of rotatable bonds is 6. The van der Waals surface area contributed by atoms with Crippen LogP contribution in [-0.2, 0) is 4.74 Å². The summed E-state index contributed by atoms with van der Waals surface area (Å²) in [5.74, 6) is 1.78. The fourth-order valence-electron chi connectivity index (χ4n) is 4.20. The maximum Gasteiger partial charge on any atom is 0.410 e. The average molecular weight is 537 g/mol. The number of nitrogens with one attached hydrogen (secondary N) is 1. The Kier molecular flexibility index (Phi) is 7.39. The summed E-state index contributed by atoms with van der Waals surface area (Å²) in [7, 11) is 0. The number of amides is 1. The Morgan fingerprint density at radius 2 is 1.81 bits per heavy atom. The third-order valence-corrected chi connectivity index (χ3v) is 7.84. The van der Waals surface area contributed by atoms with Crippen LogP contribution in [0.3, 0.4) is 0 Å². The van der Waals surface area contributed by atoms with E-state index >= 15 is 0 Å². The minimum Gasteiger partial charge on any atom is -0.444 e. The number of carbonyl (C=O) groups is 1. The fourth-order valence-corrected chi connectivity index (χ4v) is 5.80. The second-order valence-corrected chi connectivity index (χ2v) is 12.0. The highest BCUT2D eigenvalue weighted by atomic mass is 32.2. The molecule has 0 bridgehead atoms. The van der Waals surface area contributed by atoms with Gasteiger partial charge in [0.1, 0.15) is 11.1 Å². The third-order valence-electron chi connectivity index (χ3n) is 5.92. The van der Waals surface area contributed by atoms with Crippen LogP contribution in [0.25, 0.3) is 21.1 Å². The first-order valence-electron chi connectivity index (χ1n) is 12.6. The maximum atomic E-state index is 12.5. The molecule has 1 saturated heterocycles. The van der Waals surface area contributed by atoms with Crippen molar-refractivity contribution in [2.75, 3.05) is 42.1 Å². The Morgan fingerprint density at radius 3 is 2.57 bits per heavy atom. The lowest BCUT2D eigenvalue weighted by Crippen LogP contribution is -2.50. The van der Waals surface area contributed by atoms with E-state index in [9.17, 15) is 4.79 Å². The molecule has 1 aliphatic rings. The molecule has 0 atom stereocenters. The summed E-state index contributed by atoms with van der Waals surface area (Å²) in [6.07, 6.45) is 0.779. The van der Waals surface area contributed by atoms with Crippen LogP contribution >= 0.6 is 23.1 Å². The van der Waals surface area contributed by atoms with Crippen molar-refractivity contribution >= 4 is 66.9 Å². The molecule has 0 radical (unpaired) electrons. The molecule has 194 valence electrons. The largest absolute Gasteiger partial charge is 0.444 e. The first-order chi connectivity index (χ1) is 17.8. The van der Waals surface area contributed by atoms with E-state index in [2.05, 4.69) is 41.4 Å². The molecule has 5 rings (SSSR count). The van der Waals surface area contributed by atoms with E-state index in [1.165, 1.54) is 5.39 Å². The van der Waals surface area contributed by atoms with E-state index in [1.807, 2.05) is 39.0 Å². The number of fused-ring (bicyclic) bond motifs is 2. The van der Waals surface area contributed by atoms with Gasteiger partial charge in [0.05, 0.1) is 0 Å². The van der Waals surface area contributed by atoms with E-state index in [0.717, 1.165) is 49.7 Å². The fraction of sp³-hybridized carbons (Fsp3) is 0.407. The predicted molar refractivity (Wildman–Crippen MR) is 153 cm³/mol. The number of hydrogen-bond acceptors (Lipinski definition) is 9. The first kappa shape index (κ1) is 25.5. The topological polar surface area (TPSA) is 83.5 Å². The molecule has 2 aromatic carbocycles. The van der Waals surface area contributed by atoms with Gasteiger partial charge in [-0.2, -0.15) is 0 Å². The molecule has 0 unspecified atom stereocenters. The van der Waals surface area contributed by atoms with Crippen molar-refractivity contribution in [1.82, 2.24) is 19.9 Å². The number of hydrogen-bond donors (Lipinski definition) is 1. The number of thiazole rings is 1. The summed E-state index contributed by atoms with van der Waals surface area (Å²) < 4.78 is 5.56. The van der Waals surface area contributed by atoms with Gasteiger partial charge in [-0.05, 0) is 38.6 Å². The molecule has 1 N–H and O–H groups in total. The summed E-state index contributed by atoms with van der Waals surface area (Å²) in [4.78, 5) is 32.1. The maximum absolute atomic E-state index is 12.5. The normalized spacial score (nSPS) is 14.4. The second kappa shape index (κ2) is 10.7. The predicted octanol–water partition coefficient (Wildman–Crippen LogP) is 6.54. The Balaban J connectivity index is 1.42. The van der Waals surface area contributed by atoms with Gasteiger partial charge in [0.25, 0.3) is 0 Å². The van der Waals surface area contributed by atoms with Gasteiger partial charge in [-0.15, -0.1) is 0 Å². The van der Waals surface area contributed by atoms with Crippen LogP contribution < -0.4 is 10.2 Å². The second-order valence-electron chi connectivity index (χ2n) is 9.96. The standard InChI is InChI=1S/C27H32N6O2S2/c1-5-17-36-24-30-22(32-13-15-33(16-14-32)26(34)35-27(2,3)4)21-23(31-24)37-25(29-21)28-20-12-8-10-18-9-6-7-11-19(18)20/h6-12H,5,13-17H2,1-4H3,(H,28,29). The van der Waals surface area contributed by atoms with Gasteiger partial charge in [-0.25, -0.2) is 19.7 Å². The molecule has 0 spiro atoms.